The van der Waals surface area contributed by atoms with Crippen LogP contribution in [-0.4, -0.2) is 40.2 Å². The molecule has 0 aromatic heterocycles. The molecule has 88 valence electrons. The van der Waals surface area contributed by atoms with Gasteiger partial charge in [0.25, 0.3) is 0 Å². The predicted molar refractivity (Wildman–Crippen MR) is 51.2 cm³/mol. The predicted octanol–water partition coefficient (Wildman–Crippen LogP) is -0.410. The summed E-state index contributed by atoms with van der Waals surface area (Å²) in [4.78, 5) is 21.3. The van der Waals surface area contributed by atoms with Gasteiger partial charge in [0.2, 0.25) is 0 Å². The van der Waals surface area contributed by atoms with Crippen LogP contribution in [0.15, 0.2) is 0 Å². The quantitative estimate of drug-likeness (QED) is 0.337. The minimum absolute atomic E-state index is 0.367. The van der Waals surface area contributed by atoms with Crippen molar-refractivity contribution < 1.29 is 29.6 Å². The average molecular weight is 228 g/mol. The largest absolute Gasteiger partial charge is 0.513 e. The fourth-order valence-electron chi connectivity index (χ4n) is 1.62. The van der Waals surface area contributed by atoms with Crippen LogP contribution >= 0.6 is 0 Å². The van der Waals surface area contributed by atoms with Crippen LogP contribution in [0.5, 0.6) is 0 Å². The lowest BCUT2D eigenvalue weighted by Crippen LogP contribution is -2.41. The van der Waals surface area contributed by atoms with Crippen molar-refractivity contribution in [1.29, 1.82) is 0 Å². The fraction of sp³-hybridized carbons (Fsp3) is 0.600. The zero-order chi connectivity index (χ0) is 12.1. The molecule has 0 saturated heterocycles. The summed E-state index contributed by atoms with van der Waals surface area (Å²) in [5.41, 5.74) is 0. The molecule has 0 heterocycles. The molecule has 3 atom stereocenters. The first kappa shape index (κ1) is 12.5. The highest BCUT2D eigenvalue weighted by molar-refractivity contribution is 5.83. The molecule has 1 aliphatic rings. The van der Waals surface area contributed by atoms with E-state index in [-0.39, 0.29) is 6.61 Å². The highest BCUT2D eigenvalue weighted by atomic mass is 16.7. The van der Waals surface area contributed by atoms with E-state index in [0.29, 0.717) is 12.8 Å². The van der Waals surface area contributed by atoms with Crippen LogP contribution in [0.1, 0.15) is 12.8 Å². The second-order valence-electron chi connectivity index (χ2n) is 3.46. The minimum Gasteiger partial charge on any atom is -0.449 e. The molecule has 0 aromatic carbocycles. The zero-order valence-corrected chi connectivity index (χ0v) is 8.42. The number of carboxylic acid groups (broad SMARTS) is 1. The first-order chi connectivity index (χ1) is 7.56. The number of aliphatic hydroxyl groups excluding tert-OH is 2. The van der Waals surface area contributed by atoms with Gasteiger partial charge in [-0.2, -0.15) is 0 Å². The maximum Gasteiger partial charge on any atom is 0.513 e. The van der Waals surface area contributed by atoms with Crippen LogP contribution in [-0.2, 0) is 9.53 Å². The van der Waals surface area contributed by atoms with Gasteiger partial charge in [0.05, 0.1) is 5.92 Å². The highest BCUT2D eigenvalue weighted by Crippen LogP contribution is 2.37. The number of carbonyl (C=O) groups is 2. The summed E-state index contributed by atoms with van der Waals surface area (Å²) in [6.07, 6.45) is -1.62. The van der Waals surface area contributed by atoms with E-state index in [4.69, 9.17) is 10.2 Å². The van der Waals surface area contributed by atoms with Crippen molar-refractivity contribution in [2.24, 2.45) is 11.8 Å². The number of hydrogen-bond acceptors (Lipinski definition) is 5. The standard InChI is InChI=1S/C10H12O6/c11-5-1-2-8(12)6-3-4-7(6)9(13)16-10(14)15/h6-8,11-12H,3-5H2,(H,14,15). The molecule has 6 heteroatoms. The number of esters is 1. The molecule has 1 rings (SSSR count). The maximum absolute atomic E-state index is 11.2. The van der Waals surface area contributed by atoms with Crippen molar-refractivity contribution in [3.8, 4) is 11.8 Å². The van der Waals surface area contributed by atoms with Gasteiger partial charge in [0.1, 0.15) is 12.7 Å². The fourth-order valence-corrected chi connectivity index (χ4v) is 1.62. The van der Waals surface area contributed by atoms with Gasteiger partial charge in [-0.05, 0) is 12.8 Å². The first-order valence-corrected chi connectivity index (χ1v) is 4.78. The van der Waals surface area contributed by atoms with Crippen LogP contribution in [0.3, 0.4) is 0 Å². The normalized spacial score (nSPS) is 24.6. The number of carbonyl (C=O) groups excluding carboxylic acids is 1. The molecule has 16 heavy (non-hydrogen) atoms. The van der Waals surface area contributed by atoms with Crippen LogP contribution in [0.25, 0.3) is 0 Å². The van der Waals surface area contributed by atoms with Crippen LogP contribution < -0.4 is 0 Å². The van der Waals surface area contributed by atoms with Crippen LogP contribution in [0, 0.1) is 23.7 Å². The molecule has 1 fully saturated rings. The van der Waals surface area contributed by atoms with Crippen molar-refractivity contribution in [2.45, 2.75) is 18.9 Å². The Balaban J connectivity index is 2.52. The summed E-state index contributed by atoms with van der Waals surface area (Å²) < 4.78 is 4.01. The van der Waals surface area contributed by atoms with Gasteiger partial charge in [-0.3, -0.25) is 4.79 Å². The third kappa shape index (κ3) is 2.95. The molecule has 0 aliphatic heterocycles. The van der Waals surface area contributed by atoms with E-state index < -0.39 is 30.1 Å². The molecule has 6 nitrogen and oxygen atoms in total. The van der Waals surface area contributed by atoms with Crippen molar-refractivity contribution >= 4 is 12.1 Å². The summed E-state index contributed by atoms with van der Waals surface area (Å²) in [6.45, 7) is -0.367. The molecule has 0 bridgehead atoms. The molecule has 0 spiro atoms. The lowest BCUT2D eigenvalue weighted by molar-refractivity contribution is -0.152. The molecular weight excluding hydrogens is 216 g/mol. The summed E-state index contributed by atoms with van der Waals surface area (Å²) in [7, 11) is 0. The molecule has 1 saturated carbocycles. The van der Waals surface area contributed by atoms with E-state index in [2.05, 4.69) is 16.6 Å². The monoisotopic (exact) mass is 228 g/mol. The molecule has 0 aromatic rings. The Bertz CT molecular complexity index is 339. The van der Waals surface area contributed by atoms with Gasteiger partial charge in [-0.1, -0.05) is 11.8 Å². The summed E-state index contributed by atoms with van der Waals surface area (Å²) >= 11 is 0. The topological polar surface area (TPSA) is 104 Å². The van der Waals surface area contributed by atoms with Crippen LogP contribution in [0.4, 0.5) is 4.79 Å². The van der Waals surface area contributed by atoms with Gasteiger partial charge in [0.15, 0.2) is 0 Å². The number of hydrogen-bond donors (Lipinski definition) is 3. The Morgan fingerprint density at radius 2 is 2.12 bits per heavy atom. The van der Waals surface area contributed by atoms with Gasteiger partial charge < -0.3 is 20.1 Å². The number of rotatable bonds is 2. The Morgan fingerprint density at radius 1 is 1.44 bits per heavy atom. The Morgan fingerprint density at radius 3 is 2.56 bits per heavy atom. The maximum atomic E-state index is 11.2. The molecular formula is C10H12O6. The van der Waals surface area contributed by atoms with E-state index in [1.807, 2.05) is 0 Å². The third-order valence-electron chi connectivity index (χ3n) is 2.55. The smallest absolute Gasteiger partial charge is 0.449 e. The van der Waals surface area contributed by atoms with Crippen molar-refractivity contribution in [2.75, 3.05) is 6.61 Å². The van der Waals surface area contributed by atoms with Gasteiger partial charge in [-0.25, -0.2) is 4.79 Å². The number of ether oxygens (including phenoxy) is 1. The lowest BCUT2D eigenvalue weighted by Gasteiger charge is -2.35. The van der Waals surface area contributed by atoms with E-state index in [9.17, 15) is 14.7 Å². The SMILES string of the molecule is O=C(O)OC(=O)C1CCC1C(O)C#CCO. The summed E-state index contributed by atoms with van der Waals surface area (Å²) in [5, 5.41) is 26.2. The molecule has 0 amide bonds. The van der Waals surface area contributed by atoms with E-state index in [1.165, 1.54) is 0 Å². The Kier molecular flexibility index (Phi) is 4.28. The van der Waals surface area contributed by atoms with E-state index >= 15 is 0 Å². The second-order valence-corrected chi connectivity index (χ2v) is 3.46. The molecule has 0 radical (unpaired) electrons. The second kappa shape index (κ2) is 5.49. The van der Waals surface area contributed by atoms with Crippen molar-refractivity contribution in [3.63, 3.8) is 0 Å². The summed E-state index contributed by atoms with van der Waals surface area (Å²) in [5.74, 6) is 2.77. The van der Waals surface area contributed by atoms with Crippen LogP contribution in [0.2, 0.25) is 0 Å². The molecule has 1 aliphatic carbocycles. The van der Waals surface area contributed by atoms with Crippen molar-refractivity contribution in [1.82, 2.24) is 0 Å². The molecule has 3 N–H and O–H groups in total. The van der Waals surface area contributed by atoms with Gasteiger partial charge >= 0.3 is 12.1 Å². The van der Waals surface area contributed by atoms with E-state index in [1.54, 1.807) is 0 Å². The number of aliphatic hydroxyl groups is 2. The van der Waals surface area contributed by atoms with E-state index in [0.717, 1.165) is 0 Å². The van der Waals surface area contributed by atoms with Crippen molar-refractivity contribution in [3.05, 3.63) is 0 Å². The van der Waals surface area contributed by atoms with Gasteiger partial charge in [0, 0.05) is 5.92 Å². The Hall–Kier alpha value is -1.58. The lowest BCUT2D eigenvalue weighted by atomic mass is 9.71. The first-order valence-electron chi connectivity index (χ1n) is 4.78. The molecule has 3 unspecified atom stereocenters. The Labute approximate surface area is 91.8 Å². The summed E-state index contributed by atoms with van der Waals surface area (Å²) in [6, 6.07) is 0. The average Bonchev–Trinajstić information content (AvgIpc) is 2.11. The highest BCUT2D eigenvalue weighted by Gasteiger charge is 2.42. The minimum atomic E-state index is -1.65. The third-order valence-corrected chi connectivity index (χ3v) is 2.55. The zero-order valence-electron chi connectivity index (χ0n) is 8.42. The van der Waals surface area contributed by atoms with Gasteiger partial charge in [-0.15, -0.1) is 0 Å².